The summed E-state index contributed by atoms with van der Waals surface area (Å²) in [6.07, 6.45) is 0. The lowest BCUT2D eigenvalue weighted by Crippen LogP contribution is -2.13. The van der Waals surface area contributed by atoms with Crippen molar-refractivity contribution in [2.24, 2.45) is 0 Å². The summed E-state index contributed by atoms with van der Waals surface area (Å²) in [5.74, 6) is -0.135. The molecular weight excluding hydrogens is 236 g/mol. The van der Waals surface area contributed by atoms with Gasteiger partial charge in [-0.3, -0.25) is 4.79 Å². The highest BCUT2D eigenvalue weighted by Crippen LogP contribution is 2.19. The summed E-state index contributed by atoms with van der Waals surface area (Å²) in [4.78, 5) is 12.2. The molecule has 3 heteroatoms. The summed E-state index contributed by atoms with van der Waals surface area (Å²) in [5.41, 5.74) is 11.0. The van der Waals surface area contributed by atoms with Gasteiger partial charge in [0.15, 0.2) is 0 Å². The predicted octanol–water partition coefficient (Wildman–Crippen LogP) is 3.45. The van der Waals surface area contributed by atoms with Gasteiger partial charge < -0.3 is 11.1 Å². The molecule has 0 heterocycles. The van der Waals surface area contributed by atoms with Crippen molar-refractivity contribution in [3.05, 3.63) is 58.7 Å². The molecule has 3 N–H and O–H groups in total. The summed E-state index contributed by atoms with van der Waals surface area (Å²) in [6, 6.07) is 11.2. The topological polar surface area (TPSA) is 55.1 Å². The fraction of sp³-hybridized carbons (Fsp3) is 0.188. The summed E-state index contributed by atoms with van der Waals surface area (Å²) in [5, 5.41) is 2.93. The van der Waals surface area contributed by atoms with Crippen molar-refractivity contribution in [1.82, 2.24) is 0 Å². The minimum absolute atomic E-state index is 0.135. The lowest BCUT2D eigenvalue weighted by molar-refractivity contribution is 0.102. The highest BCUT2D eigenvalue weighted by Gasteiger charge is 2.09. The van der Waals surface area contributed by atoms with Crippen molar-refractivity contribution >= 4 is 17.3 Å². The normalized spacial score (nSPS) is 10.3. The first kappa shape index (κ1) is 13.1. The lowest BCUT2D eigenvalue weighted by Gasteiger charge is -2.11. The Balaban J connectivity index is 2.28. The van der Waals surface area contributed by atoms with Crippen molar-refractivity contribution in [3.63, 3.8) is 0 Å². The smallest absolute Gasteiger partial charge is 0.255 e. The number of rotatable bonds is 2. The molecule has 0 atom stereocenters. The minimum Gasteiger partial charge on any atom is -0.399 e. The maximum atomic E-state index is 12.2. The summed E-state index contributed by atoms with van der Waals surface area (Å²) in [7, 11) is 0. The second-order valence-electron chi connectivity index (χ2n) is 4.83. The standard InChI is InChI=1S/C16H18N2O/c1-10-7-13(9-14(17)8-10)16(19)18-15-6-4-5-11(2)12(15)3/h4-9H,17H2,1-3H3,(H,18,19). The number of hydrogen-bond donors (Lipinski definition) is 2. The monoisotopic (exact) mass is 254 g/mol. The first-order chi connectivity index (χ1) is 8.97. The van der Waals surface area contributed by atoms with Gasteiger partial charge in [0.2, 0.25) is 0 Å². The molecule has 3 nitrogen and oxygen atoms in total. The minimum atomic E-state index is -0.135. The molecule has 2 aromatic carbocycles. The quantitative estimate of drug-likeness (QED) is 0.806. The molecule has 0 spiro atoms. The van der Waals surface area contributed by atoms with Crippen LogP contribution in [0, 0.1) is 20.8 Å². The third-order valence-electron chi connectivity index (χ3n) is 3.21. The van der Waals surface area contributed by atoms with Gasteiger partial charge in [-0.15, -0.1) is 0 Å². The van der Waals surface area contributed by atoms with Crippen molar-refractivity contribution in [2.45, 2.75) is 20.8 Å². The molecule has 1 amide bonds. The van der Waals surface area contributed by atoms with E-state index in [0.717, 1.165) is 22.4 Å². The molecule has 0 aliphatic heterocycles. The van der Waals surface area contributed by atoms with Crippen LogP contribution in [-0.2, 0) is 0 Å². The SMILES string of the molecule is Cc1cc(N)cc(C(=O)Nc2cccc(C)c2C)c1. The van der Waals surface area contributed by atoms with E-state index in [1.165, 1.54) is 0 Å². The number of benzene rings is 2. The summed E-state index contributed by atoms with van der Waals surface area (Å²) < 4.78 is 0. The zero-order valence-corrected chi connectivity index (χ0v) is 11.4. The second-order valence-corrected chi connectivity index (χ2v) is 4.83. The Hall–Kier alpha value is -2.29. The summed E-state index contributed by atoms with van der Waals surface area (Å²) >= 11 is 0. The fourth-order valence-electron chi connectivity index (χ4n) is 2.02. The average molecular weight is 254 g/mol. The fourth-order valence-corrected chi connectivity index (χ4v) is 2.02. The molecule has 2 aromatic rings. The first-order valence-electron chi connectivity index (χ1n) is 6.22. The van der Waals surface area contributed by atoms with Crippen LogP contribution in [0.2, 0.25) is 0 Å². The van der Waals surface area contributed by atoms with Crippen LogP contribution in [0.15, 0.2) is 36.4 Å². The Morgan fingerprint density at radius 1 is 1.11 bits per heavy atom. The molecule has 0 saturated heterocycles. The largest absolute Gasteiger partial charge is 0.399 e. The van der Waals surface area contributed by atoms with Crippen molar-refractivity contribution in [1.29, 1.82) is 0 Å². The van der Waals surface area contributed by atoms with E-state index in [-0.39, 0.29) is 5.91 Å². The highest BCUT2D eigenvalue weighted by atomic mass is 16.1. The van der Waals surface area contributed by atoms with Crippen molar-refractivity contribution in [3.8, 4) is 0 Å². The number of carbonyl (C=O) groups is 1. The van der Waals surface area contributed by atoms with Crippen LogP contribution in [-0.4, -0.2) is 5.91 Å². The van der Waals surface area contributed by atoms with Gasteiger partial charge in [0, 0.05) is 16.9 Å². The van der Waals surface area contributed by atoms with Crippen LogP contribution < -0.4 is 11.1 Å². The van der Waals surface area contributed by atoms with Crippen LogP contribution in [0.1, 0.15) is 27.0 Å². The zero-order chi connectivity index (χ0) is 14.0. The number of anilines is 2. The molecule has 0 unspecified atom stereocenters. The number of aryl methyl sites for hydroxylation is 2. The van der Waals surface area contributed by atoms with Gasteiger partial charge in [-0.2, -0.15) is 0 Å². The molecule has 19 heavy (non-hydrogen) atoms. The Bertz CT molecular complexity index is 612. The second kappa shape index (κ2) is 5.14. The molecular formula is C16H18N2O. The van der Waals surface area contributed by atoms with Crippen molar-refractivity contribution < 1.29 is 4.79 Å². The van der Waals surface area contributed by atoms with E-state index >= 15 is 0 Å². The Labute approximate surface area is 113 Å². The number of carbonyl (C=O) groups excluding carboxylic acids is 1. The number of nitrogens with two attached hydrogens (primary N) is 1. The average Bonchev–Trinajstić information content (AvgIpc) is 2.33. The molecule has 0 fully saturated rings. The van der Waals surface area contributed by atoms with Gasteiger partial charge in [-0.1, -0.05) is 12.1 Å². The van der Waals surface area contributed by atoms with Gasteiger partial charge in [0.25, 0.3) is 5.91 Å². The van der Waals surface area contributed by atoms with E-state index < -0.39 is 0 Å². The lowest BCUT2D eigenvalue weighted by atomic mass is 10.1. The van der Waals surface area contributed by atoms with E-state index in [1.54, 1.807) is 6.07 Å². The molecule has 0 bridgehead atoms. The predicted molar refractivity (Wildman–Crippen MR) is 79.5 cm³/mol. The number of hydrogen-bond acceptors (Lipinski definition) is 2. The first-order valence-corrected chi connectivity index (χ1v) is 6.22. The van der Waals surface area contributed by atoms with Gasteiger partial charge in [0.1, 0.15) is 0 Å². The van der Waals surface area contributed by atoms with E-state index in [4.69, 9.17) is 5.73 Å². The molecule has 0 aromatic heterocycles. The van der Waals surface area contributed by atoms with E-state index in [0.29, 0.717) is 11.3 Å². The molecule has 0 radical (unpaired) electrons. The maximum absolute atomic E-state index is 12.2. The molecule has 98 valence electrons. The van der Waals surface area contributed by atoms with Gasteiger partial charge in [-0.25, -0.2) is 0 Å². The van der Waals surface area contributed by atoms with Crippen LogP contribution in [0.4, 0.5) is 11.4 Å². The molecule has 2 rings (SSSR count). The third kappa shape index (κ3) is 2.94. The molecule has 0 aliphatic rings. The van der Waals surface area contributed by atoms with Crippen LogP contribution in [0.3, 0.4) is 0 Å². The van der Waals surface area contributed by atoms with E-state index in [2.05, 4.69) is 5.32 Å². The molecule has 0 saturated carbocycles. The third-order valence-corrected chi connectivity index (χ3v) is 3.21. The number of nitrogens with one attached hydrogen (secondary N) is 1. The van der Waals surface area contributed by atoms with Gasteiger partial charge in [0.05, 0.1) is 0 Å². The maximum Gasteiger partial charge on any atom is 0.255 e. The zero-order valence-electron chi connectivity index (χ0n) is 11.4. The van der Waals surface area contributed by atoms with Gasteiger partial charge in [-0.05, 0) is 61.7 Å². The summed E-state index contributed by atoms with van der Waals surface area (Å²) in [6.45, 7) is 5.94. The van der Waals surface area contributed by atoms with Crippen LogP contribution in [0.5, 0.6) is 0 Å². The number of amides is 1. The van der Waals surface area contributed by atoms with E-state index in [9.17, 15) is 4.79 Å². The van der Waals surface area contributed by atoms with E-state index in [1.807, 2.05) is 51.1 Å². The Morgan fingerprint density at radius 3 is 2.53 bits per heavy atom. The van der Waals surface area contributed by atoms with Crippen LogP contribution in [0.25, 0.3) is 0 Å². The Morgan fingerprint density at radius 2 is 1.84 bits per heavy atom. The molecule has 0 aliphatic carbocycles. The van der Waals surface area contributed by atoms with Gasteiger partial charge >= 0.3 is 0 Å². The highest BCUT2D eigenvalue weighted by molar-refractivity contribution is 6.05. The Kier molecular flexibility index (Phi) is 3.56. The van der Waals surface area contributed by atoms with Crippen LogP contribution >= 0.6 is 0 Å². The van der Waals surface area contributed by atoms with Crippen molar-refractivity contribution in [2.75, 3.05) is 11.1 Å². The number of nitrogen functional groups attached to an aromatic ring is 1.